The maximum absolute atomic E-state index is 12.6. The van der Waals surface area contributed by atoms with Crippen molar-refractivity contribution in [3.8, 4) is 0 Å². The molecule has 1 aromatic heterocycles. The molecule has 0 unspecified atom stereocenters. The molecule has 0 fully saturated rings. The molecule has 0 N–H and O–H groups in total. The fourth-order valence-electron chi connectivity index (χ4n) is 2.53. The molecule has 1 heterocycles. The van der Waals surface area contributed by atoms with E-state index in [1.807, 2.05) is 6.92 Å². The van der Waals surface area contributed by atoms with E-state index in [9.17, 15) is 9.59 Å². The number of fused-ring (bicyclic) bond motifs is 3. The summed E-state index contributed by atoms with van der Waals surface area (Å²) in [6.45, 7) is 5.54. The standard InChI is InChI=1S/C17H12O3/c1-3-7-12-10(4-2)16-14(15(12)18)11-8-5-6-9-13(11)17(19)20-16/h3-9H,2H2,1H3/b7-3-. The predicted octanol–water partition coefficient (Wildman–Crippen LogP) is 3.51. The number of carbonyl (C=O) groups excluding carboxylic acids is 1. The number of carbonyl (C=O) groups is 1. The van der Waals surface area contributed by atoms with E-state index in [0.29, 0.717) is 33.2 Å². The fraction of sp³-hybridized carbons (Fsp3) is 0.0588. The minimum Gasteiger partial charge on any atom is -0.421 e. The minimum absolute atomic E-state index is 0.132. The van der Waals surface area contributed by atoms with Crippen LogP contribution in [0.1, 0.15) is 23.0 Å². The van der Waals surface area contributed by atoms with Gasteiger partial charge in [-0.25, -0.2) is 4.79 Å². The third-order valence-electron chi connectivity index (χ3n) is 3.38. The lowest BCUT2D eigenvalue weighted by Gasteiger charge is -2.03. The van der Waals surface area contributed by atoms with Crippen LogP contribution in [0.25, 0.3) is 16.3 Å². The first kappa shape index (κ1) is 12.4. The second kappa shape index (κ2) is 4.46. The topological polar surface area (TPSA) is 47.3 Å². The van der Waals surface area contributed by atoms with Crippen molar-refractivity contribution in [2.45, 2.75) is 6.92 Å². The van der Waals surface area contributed by atoms with Gasteiger partial charge in [0.1, 0.15) is 0 Å². The normalized spacial score (nSPS) is 14.3. The lowest BCUT2D eigenvalue weighted by Crippen LogP contribution is -2.06. The van der Waals surface area contributed by atoms with Crippen LogP contribution in [0.2, 0.25) is 0 Å². The van der Waals surface area contributed by atoms with Crippen molar-refractivity contribution in [3.63, 3.8) is 0 Å². The van der Waals surface area contributed by atoms with Gasteiger partial charge in [-0.05, 0) is 13.0 Å². The number of ketones is 1. The molecule has 0 amide bonds. The highest BCUT2D eigenvalue weighted by Gasteiger charge is 2.31. The van der Waals surface area contributed by atoms with Crippen LogP contribution >= 0.6 is 0 Å². The smallest absolute Gasteiger partial charge is 0.344 e. The van der Waals surface area contributed by atoms with Crippen molar-refractivity contribution in [2.75, 3.05) is 0 Å². The van der Waals surface area contributed by atoms with E-state index in [-0.39, 0.29) is 5.78 Å². The second-order valence-electron chi connectivity index (χ2n) is 4.50. The van der Waals surface area contributed by atoms with Gasteiger partial charge in [0.15, 0.2) is 11.5 Å². The lowest BCUT2D eigenvalue weighted by molar-refractivity contribution is 0.104. The van der Waals surface area contributed by atoms with Crippen molar-refractivity contribution in [2.24, 2.45) is 0 Å². The summed E-state index contributed by atoms with van der Waals surface area (Å²) in [5.74, 6) is 0.190. The minimum atomic E-state index is -0.437. The van der Waals surface area contributed by atoms with Crippen LogP contribution < -0.4 is 5.63 Å². The first-order valence-corrected chi connectivity index (χ1v) is 6.29. The van der Waals surface area contributed by atoms with Crippen LogP contribution in [-0.4, -0.2) is 5.78 Å². The molecule has 1 aliphatic rings. The van der Waals surface area contributed by atoms with Crippen LogP contribution in [0.4, 0.5) is 0 Å². The Kier molecular flexibility index (Phi) is 2.75. The Bertz CT molecular complexity index is 863. The zero-order valence-electron chi connectivity index (χ0n) is 11.0. The summed E-state index contributed by atoms with van der Waals surface area (Å²) in [6, 6.07) is 6.98. The zero-order chi connectivity index (χ0) is 14.3. The van der Waals surface area contributed by atoms with E-state index in [2.05, 4.69) is 6.58 Å². The van der Waals surface area contributed by atoms with Crippen LogP contribution in [0.3, 0.4) is 0 Å². The van der Waals surface area contributed by atoms with Crippen molar-refractivity contribution in [3.05, 3.63) is 76.4 Å². The van der Waals surface area contributed by atoms with Crippen molar-refractivity contribution in [1.29, 1.82) is 0 Å². The molecule has 20 heavy (non-hydrogen) atoms. The Hall–Kier alpha value is -2.68. The molecule has 0 saturated heterocycles. The lowest BCUT2D eigenvalue weighted by atomic mass is 10.0. The monoisotopic (exact) mass is 264 g/mol. The van der Waals surface area contributed by atoms with Gasteiger partial charge in [-0.1, -0.05) is 43.0 Å². The molecule has 1 aliphatic carbocycles. The van der Waals surface area contributed by atoms with Gasteiger partial charge in [-0.3, -0.25) is 4.79 Å². The zero-order valence-corrected chi connectivity index (χ0v) is 11.0. The van der Waals surface area contributed by atoms with E-state index in [4.69, 9.17) is 4.42 Å². The molecular weight excluding hydrogens is 252 g/mol. The van der Waals surface area contributed by atoms with Crippen LogP contribution in [0, 0.1) is 0 Å². The first-order valence-electron chi connectivity index (χ1n) is 6.29. The van der Waals surface area contributed by atoms with E-state index in [1.54, 1.807) is 42.5 Å². The van der Waals surface area contributed by atoms with Gasteiger partial charge in [0, 0.05) is 16.5 Å². The van der Waals surface area contributed by atoms with E-state index >= 15 is 0 Å². The fourth-order valence-corrected chi connectivity index (χ4v) is 2.53. The highest BCUT2D eigenvalue weighted by Crippen LogP contribution is 2.36. The Balaban J connectivity index is 2.47. The average molecular weight is 264 g/mol. The molecule has 0 saturated carbocycles. The molecule has 0 bridgehead atoms. The molecule has 0 aliphatic heterocycles. The van der Waals surface area contributed by atoms with Crippen molar-refractivity contribution >= 4 is 22.1 Å². The summed E-state index contributed by atoms with van der Waals surface area (Å²) in [6.07, 6.45) is 5.05. The number of hydrogen-bond acceptors (Lipinski definition) is 3. The Morgan fingerprint density at radius 1 is 1.10 bits per heavy atom. The Morgan fingerprint density at radius 2 is 1.80 bits per heavy atom. The van der Waals surface area contributed by atoms with E-state index in [1.165, 1.54) is 0 Å². The Labute approximate surface area is 115 Å². The summed E-state index contributed by atoms with van der Waals surface area (Å²) in [4.78, 5) is 24.6. The largest absolute Gasteiger partial charge is 0.421 e. The van der Waals surface area contributed by atoms with Gasteiger partial charge in [0.2, 0.25) is 0 Å². The average Bonchev–Trinajstić information content (AvgIpc) is 2.72. The number of Topliss-reactive ketones (excluding diaryl/α,β-unsaturated/α-hetero) is 1. The molecule has 2 aromatic rings. The van der Waals surface area contributed by atoms with Crippen LogP contribution in [0.5, 0.6) is 0 Å². The third-order valence-corrected chi connectivity index (χ3v) is 3.38. The summed E-state index contributed by atoms with van der Waals surface area (Å²) < 4.78 is 5.34. The molecule has 3 nitrogen and oxygen atoms in total. The summed E-state index contributed by atoms with van der Waals surface area (Å²) >= 11 is 0. The quantitative estimate of drug-likeness (QED) is 0.834. The Morgan fingerprint density at radius 3 is 2.45 bits per heavy atom. The van der Waals surface area contributed by atoms with Gasteiger partial charge in [-0.15, -0.1) is 0 Å². The van der Waals surface area contributed by atoms with Crippen molar-refractivity contribution < 1.29 is 9.21 Å². The number of rotatable bonds is 2. The summed E-state index contributed by atoms with van der Waals surface area (Å²) in [7, 11) is 0. The highest BCUT2D eigenvalue weighted by molar-refractivity contribution is 6.27. The molecule has 0 radical (unpaired) electrons. The van der Waals surface area contributed by atoms with Gasteiger partial charge in [0.05, 0.1) is 10.9 Å². The van der Waals surface area contributed by atoms with E-state index in [0.717, 1.165) is 0 Å². The maximum Gasteiger partial charge on any atom is 0.344 e. The van der Waals surface area contributed by atoms with E-state index < -0.39 is 5.63 Å². The van der Waals surface area contributed by atoms with Gasteiger partial charge in [0.25, 0.3) is 0 Å². The van der Waals surface area contributed by atoms with Gasteiger partial charge < -0.3 is 4.42 Å². The molecular formula is C17H12O3. The second-order valence-corrected chi connectivity index (χ2v) is 4.50. The van der Waals surface area contributed by atoms with Gasteiger partial charge in [-0.2, -0.15) is 0 Å². The number of hydrogen-bond donors (Lipinski definition) is 0. The van der Waals surface area contributed by atoms with Gasteiger partial charge >= 0.3 is 5.63 Å². The molecule has 98 valence electrons. The summed E-state index contributed by atoms with van der Waals surface area (Å²) in [5.41, 5.74) is 1.10. The number of benzene rings is 1. The number of allylic oxidation sites excluding steroid dienone is 5. The SMILES string of the molecule is C=CC1=C(/C=C\C)C(=O)c2c1oc(=O)c1ccccc21. The highest BCUT2D eigenvalue weighted by atomic mass is 16.4. The predicted molar refractivity (Wildman–Crippen MR) is 78.7 cm³/mol. The maximum atomic E-state index is 12.6. The molecule has 1 aromatic carbocycles. The van der Waals surface area contributed by atoms with Crippen molar-refractivity contribution in [1.82, 2.24) is 0 Å². The third kappa shape index (κ3) is 1.53. The van der Waals surface area contributed by atoms with Crippen LogP contribution in [0.15, 0.2) is 63.9 Å². The molecule has 3 heteroatoms. The van der Waals surface area contributed by atoms with Crippen LogP contribution in [-0.2, 0) is 0 Å². The summed E-state index contributed by atoms with van der Waals surface area (Å²) in [5, 5.41) is 1.05. The first-order chi connectivity index (χ1) is 9.69. The molecule has 3 rings (SSSR count). The molecule has 0 spiro atoms. The molecule has 0 atom stereocenters.